The van der Waals surface area contributed by atoms with Crippen LogP contribution in [0.3, 0.4) is 0 Å². The quantitative estimate of drug-likeness (QED) is 0.622. The van der Waals surface area contributed by atoms with Crippen LogP contribution in [0.15, 0.2) is 53.2 Å². The zero-order valence-corrected chi connectivity index (χ0v) is 13.3. The average Bonchev–Trinajstić information content (AvgIpc) is 2.97. The fourth-order valence-corrected chi connectivity index (χ4v) is 3.32. The van der Waals surface area contributed by atoms with E-state index in [2.05, 4.69) is 35.1 Å². The first-order chi connectivity index (χ1) is 10.6. The van der Waals surface area contributed by atoms with Crippen molar-refractivity contribution in [1.29, 1.82) is 0 Å². The van der Waals surface area contributed by atoms with Crippen LogP contribution in [0.5, 0.6) is 0 Å². The second-order valence-electron chi connectivity index (χ2n) is 5.33. The minimum absolute atomic E-state index is 0.730. The molecule has 0 aliphatic carbocycles. The summed E-state index contributed by atoms with van der Waals surface area (Å²) in [7, 11) is 0. The smallest absolute Gasteiger partial charge is 0.0415 e. The first-order valence-electron chi connectivity index (χ1n) is 7.15. The number of para-hydroxylation sites is 1. The van der Waals surface area contributed by atoms with E-state index in [4.69, 9.17) is 11.5 Å². The number of hydrogen-bond acceptors (Lipinski definition) is 4. The number of nitrogens with two attached hydrogens (primary N) is 2. The second kappa shape index (κ2) is 6.12. The third kappa shape index (κ3) is 2.92. The molecule has 0 aliphatic rings. The number of benzene rings is 2. The minimum atomic E-state index is 0.730. The topological polar surface area (TPSA) is 64.1 Å². The summed E-state index contributed by atoms with van der Waals surface area (Å²) in [5.74, 6) is 0. The maximum Gasteiger partial charge on any atom is 0.0415 e. The number of aryl methyl sites for hydroxylation is 1. The van der Waals surface area contributed by atoms with E-state index in [9.17, 15) is 0 Å². The molecule has 0 fully saturated rings. The second-order valence-corrected chi connectivity index (χ2v) is 6.07. The molecule has 3 rings (SSSR count). The van der Waals surface area contributed by atoms with Crippen LogP contribution < -0.4 is 16.8 Å². The fourth-order valence-electron chi connectivity index (χ4n) is 2.47. The van der Waals surface area contributed by atoms with Gasteiger partial charge in [0.05, 0.1) is 0 Å². The number of hydrogen-bond donors (Lipinski definition) is 3. The van der Waals surface area contributed by atoms with E-state index in [1.54, 1.807) is 11.3 Å². The maximum absolute atomic E-state index is 6.11. The summed E-state index contributed by atoms with van der Waals surface area (Å²) in [6.07, 6.45) is 0. The highest BCUT2D eigenvalue weighted by atomic mass is 32.1. The summed E-state index contributed by atoms with van der Waals surface area (Å²) in [5, 5.41) is 7.78. The Labute approximate surface area is 134 Å². The summed E-state index contributed by atoms with van der Waals surface area (Å²) < 4.78 is 0. The molecular formula is C18H19N3S. The standard InChI is InChI=1S/C18H19N3S/c1-12-4-2-3-5-18(12)21-9-13-10-22-11-16(13)15-8-14(19)6-7-17(15)20/h2-8,10-11,21H,9,19-20H2,1H3. The van der Waals surface area contributed by atoms with Crippen LogP contribution in [0.25, 0.3) is 11.1 Å². The Balaban J connectivity index is 1.87. The molecule has 3 aromatic rings. The van der Waals surface area contributed by atoms with Crippen molar-refractivity contribution in [2.24, 2.45) is 0 Å². The average molecular weight is 309 g/mol. The van der Waals surface area contributed by atoms with Gasteiger partial charge in [-0.15, -0.1) is 0 Å². The summed E-state index contributed by atoms with van der Waals surface area (Å²) in [6.45, 7) is 2.87. The molecule has 0 radical (unpaired) electrons. The van der Waals surface area contributed by atoms with Crippen molar-refractivity contribution in [3.8, 4) is 11.1 Å². The van der Waals surface area contributed by atoms with E-state index in [0.717, 1.165) is 34.7 Å². The lowest BCUT2D eigenvalue weighted by molar-refractivity contribution is 1.16. The third-order valence-corrected chi connectivity index (χ3v) is 4.52. The normalized spacial score (nSPS) is 10.6. The molecule has 0 spiro atoms. The Morgan fingerprint density at radius 3 is 2.64 bits per heavy atom. The molecule has 2 aromatic carbocycles. The van der Waals surface area contributed by atoms with Crippen molar-refractivity contribution in [2.45, 2.75) is 13.5 Å². The Hall–Kier alpha value is -2.46. The fraction of sp³-hybridized carbons (Fsp3) is 0.111. The number of anilines is 3. The first kappa shape index (κ1) is 14.5. The molecule has 0 amide bonds. The van der Waals surface area contributed by atoms with E-state index in [1.165, 1.54) is 11.1 Å². The summed E-state index contributed by atoms with van der Waals surface area (Å²) in [6, 6.07) is 13.9. The van der Waals surface area contributed by atoms with Crippen molar-refractivity contribution < 1.29 is 0 Å². The van der Waals surface area contributed by atoms with E-state index < -0.39 is 0 Å². The van der Waals surface area contributed by atoms with Gasteiger partial charge in [-0.3, -0.25) is 0 Å². The molecule has 0 unspecified atom stereocenters. The lowest BCUT2D eigenvalue weighted by atomic mass is 10.0. The van der Waals surface area contributed by atoms with Gasteiger partial charge in [-0.05, 0) is 58.6 Å². The van der Waals surface area contributed by atoms with Crippen molar-refractivity contribution in [2.75, 3.05) is 16.8 Å². The van der Waals surface area contributed by atoms with Gasteiger partial charge in [0.2, 0.25) is 0 Å². The molecule has 5 N–H and O–H groups in total. The van der Waals surface area contributed by atoms with Gasteiger partial charge in [0.15, 0.2) is 0 Å². The summed E-state index contributed by atoms with van der Waals surface area (Å²) in [4.78, 5) is 0. The third-order valence-electron chi connectivity index (χ3n) is 3.72. The highest BCUT2D eigenvalue weighted by Crippen LogP contribution is 2.33. The van der Waals surface area contributed by atoms with Gasteiger partial charge in [-0.25, -0.2) is 0 Å². The van der Waals surface area contributed by atoms with Gasteiger partial charge in [0, 0.05) is 29.2 Å². The Kier molecular flexibility index (Phi) is 4.02. The van der Waals surface area contributed by atoms with Gasteiger partial charge in [0.1, 0.15) is 0 Å². The molecule has 4 heteroatoms. The summed E-state index contributed by atoms with van der Waals surface area (Å²) in [5.41, 5.74) is 19.3. The number of nitrogen functional groups attached to an aromatic ring is 2. The van der Waals surface area contributed by atoms with Gasteiger partial charge in [0.25, 0.3) is 0 Å². The largest absolute Gasteiger partial charge is 0.399 e. The highest BCUT2D eigenvalue weighted by Gasteiger charge is 2.10. The van der Waals surface area contributed by atoms with Crippen LogP contribution in [0.1, 0.15) is 11.1 Å². The maximum atomic E-state index is 6.11. The molecule has 112 valence electrons. The van der Waals surface area contributed by atoms with Gasteiger partial charge >= 0.3 is 0 Å². The van der Waals surface area contributed by atoms with Gasteiger partial charge in [-0.1, -0.05) is 18.2 Å². The van der Waals surface area contributed by atoms with E-state index in [-0.39, 0.29) is 0 Å². The molecule has 0 bridgehead atoms. The molecule has 0 atom stereocenters. The van der Waals surface area contributed by atoms with Crippen LogP contribution in [0, 0.1) is 6.92 Å². The van der Waals surface area contributed by atoms with E-state index in [0.29, 0.717) is 0 Å². The number of thiophene rings is 1. The SMILES string of the molecule is Cc1ccccc1NCc1cscc1-c1cc(N)ccc1N. The van der Waals surface area contributed by atoms with Crippen LogP contribution in [-0.2, 0) is 6.54 Å². The number of nitrogens with one attached hydrogen (secondary N) is 1. The molecular weight excluding hydrogens is 290 g/mol. The lowest BCUT2D eigenvalue weighted by Gasteiger charge is -2.11. The van der Waals surface area contributed by atoms with Crippen LogP contribution >= 0.6 is 11.3 Å². The molecule has 22 heavy (non-hydrogen) atoms. The first-order valence-corrected chi connectivity index (χ1v) is 8.09. The van der Waals surface area contributed by atoms with Crippen molar-refractivity contribution in [3.05, 3.63) is 64.4 Å². The molecule has 3 nitrogen and oxygen atoms in total. The predicted octanol–water partition coefficient (Wildman–Crippen LogP) is 4.50. The monoisotopic (exact) mass is 309 g/mol. The van der Waals surface area contributed by atoms with Gasteiger partial charge < -0.3 is 16.8 Å². The minimum Gasteiger partial charge on any atom is -0.399 e. The molecule has 1 aromatic heterocycles. The van der Waals surface area contributed by atoms with Crippen LogP contribution in [0.4, 0.5) is 17.1 Å². The Bertz CT molecular complexity index is 793. The Morgan fingerprint density at radius 2 is 1.82 bits per heavy atom. The lowest BCUT2D eigenvalue weighted by Crippen LogP contribution is -2.02. The summed E-state index contributed by atoms with van der Waals surface area (Å²) >= 11 is 1.68. The zero-order valence-electron chi connectivity index (χ0n) is 12.5. The van der Waals surface area contributed by atoms with Gasteiger partial charge in [-0.2, -0.15) is 11.3 Å². The van der Waals surface area contributed by atoms with Crippen LogP contribution in [0.2, 0.25) is 0 Å². The molecule has 0 aliphatic heterocycles. The molecule has 1 heterocycles. The van der Waals surface area contributed by atoms with E-state index >= 15 is 0 Å². The Morgan fingerprint density at radius 1 is 1.00 bits per heavy atom. The van der Waals surface area contributed by atoms with Crippen molar-refractivity contribution in [1.82, 2.24) is 0 Å². The molecule has 0 saturated carbocycles. The molecule has 0 saturated heterocycles. The zero-order chi connectivity index (χ0) is 15.5. The van der Waals surface area contributed by atoms with E-state index in [1.807, 2.05) is 30.3 Å². The highest BCUT2D eigenvalue weighted by molar-refractivity contribution is 7.08. The van der Waals surface area contributed by atoms with Crippen LogP contribution in [-0.4, -0.2) is 0 Å². The van der Waals surface area contributed by atoms with Crippen molar-refractivity contribution >= 4 is 28.4 Å². The predicted molar refractivity (Wildman–Crippen MR) is 97.1 cm³/mol. The van der Waals surface area contributed by atoms with Crippen molar-refractivity contribution in [3.63, 3.8) is 0 Å². The number of rotatable bonds is 4.